The molecule has 0 bridgehead atoms. The highest BCUT2D eigenvalue weighted by atomic mass is 15.2. The molecule has 1 heterocycles. The summed E-state index contributed by atoms with van der Waals surface area (Å²) in [6.45, 7) is 5.70. The van der Waals surface area contributed by atoms with Gasteiger partial charge >= 0.3 is 0 Å². The van der Waals surface area contributed by atoms with Crippen LogP contribution in [0.4, 0.5) is 0 Å². The maximum absolute atomic E-state index is 4.23. The molecule has 0 atom stereocenters. The number of hydrogen-bond acceptors (Lipinski definition) is 2. The third-order valence-corrected chi connectivity index (χ3v) is 3.25. The zero-order chi connectivity index (χ0) is 10.9. The van der Waals surface area contributed by atoms with Crippen molar-refractivity contribution in [2.45, 2.75) is 44.6 Å². The van der Waals surface area contributed by atoms with Crippen LogP contribution in [0.1, 0.15) is 38.7 Å². The van der Waals surface area contributed by atoms with Crippen molar-refractivity contribution in [1.82, 2.24) is 15.1 Å². The first kappa shape index (κ1) is 10.7. The number of hydrogen-bond donors (Lipinski definition) is 1. The molecule has 1 fully saturated rings. The zero-order valence-corrected chi connectivity index (χ0v) is 9.95. The van der Waals surface area contributed by atoms with E-state index in [2.05, 4.69) is 30.5 Å². The highest BCUT2D eigenvalue weighted by molar-refractivity contribution is 5.16. The van der Waals surface area contributed by atoms with Crippen LogP contribution in [0.5, 0.6) is 0 Å². The molecule has 0 unspecified atom stereocenters. The molecule has 1 aromatic rings. The van der Waals surface area contributed by atoms with Crippen LogP contribution in [0, 0.1) is 0 Å². The summed E-state index contributed by atoms with van der Waals surface area (Å²) in [6.07, 6.45) is 8.02. The van der Waals surface area contributed by atoms with E-state index in [1.165, 1.54) is 24.8 Å². The lowest BCUT2D eigenvalue weighted by molar-refractivity contribution is 0.456. The summed E-state index contributed by atoms with van der Waals surface area (Å²) in [6, 6.07) is 0.815. The number of nitrogens with one attached hydrogen (secondary N) is 1. The monoisotopic (exact) mass is 207 g/mol. The van der Waals surface area contributed by atoms with Crippen LogP contribution < -0.4 is 5.32 Å². The summed E-state index contributed by atoms with van der Waals surface area (Å²) < 4.78 is 1.88. The van der Waals surface area contributed by atoms with Crippen molar-refractivity contribution in [1.29, 1.82) is 0 Å². The van der Waals surface area contributed by atoms with Gasteiger partial charge in [0.05, 0.1) is 6.20 Å². The Morgan fingerprint density at radius 1 is 1.53 bits per heavy atom. The molecule has 0 amide bonds. The first-order valence-corrected chi connectivity index (χ1v) is 5.80. The van der Waals surface area contributed by atoms with Crippen LogP contribution in [-0.4, -0.2) is 22.4 Å². The van der Waals surface area contributed by atoms with Gasteiger partial charge in [-0.15, -0.1) is 0 Å². The fourth-order valence-corrected chi connectivity index (χ4v) is 1.79. The molecule has 1 aliphatic carbocycles. The Balaban J connectivity index is 1.86. The lowest BCUT2D eigenvalue weighted by Gasteiger charge is -2.23. The molecule has 3 heteroatoms. The largest absolute Gasteiger partial charge is 0.314 e. The van der Waals surface area contributed by atoms with Crippen LogP contribution in [0.3, 0.4) is 0 Å². The van der Waals surface area contributed by atoms with E-state index in [0.717, 1.165) is 12.6 Å². The van der Waals surface area contributed by atoms with E-state index < -0.39 is 0 Å². The summed E-state index contributed by atoms with van der Waals surface area (Å²) in [5.74, 6) is 0. The van der Waals surface area contributed by atoms with Crippen LogP contribution in [-0.2, 0) is 12.5 Å². The van der Waals surface area contributed by atoms with Crippen LogP contribution in [0.25, 0.3) is 0 Å². The number of aromatic nitrogens is 2. The molecule has 1 saturated carbocycles. The summed E-state index contributed by atoms with van der Waals surface area (Å²) in [7, 11) is 1.97. The fraction of sp³-hybridized carbons (Fsp3) is 0.750. The third kappa shape index (κ3) is 2.81. The van der Waals surface area contributed by atoms with E-state index in [4.69, 9.17) is 0 Å². The topological polar surface area (TPSA) is 29.9 Å². The summed E-state index contributed by atoms with van der Waals surface area (Å²) in [4.78, 5) is 0. The van der Waals surface area contributed by atoms with Crippen molar-refractivity contribution in [3.05, 3.63) is 18.0 Å². The van der Waals surface area contributed by atoms with Crippen LogP contribution in [0.2, 0.25) is 0 Å². The lowest BCUT2D eigenvalue weighted by Crippen LogP contribution is -2.26. The van der Waals surface area contributed by atoms with Crippen LogP contribution in [0.15, 0.2) is 12.4 Å². The van der Waals surface area contributed by atoms with Gasteiger partial charge in [-0.2, -0.15) is 5.10 Å². The molecule has 0 spiro atoms. The van der Waals surface area contributed by atoms with Gasteiger partial charge in [-0.3, -0.25) is 4.68 Å². The minimum atomic E-state index is 0.232. The molecule has 0 aromatic carbocycles. The van der Waals surface area contributed by atoms with Gasteiger partial charge in [-0.05, 0) is 36.8 Å². The number of nitrogens with zero attached hydrogens (tertiary/aromatic N) is 2. The van der Waals surface area contributed by atoms with Crippen molar-refractivity contribution in [2.24, 2.45) is 7.05 Å². The predicted molar refractivity (Wildman–Crippen MR) is 61.9 cm³/mol. The Bertz CT molecular complexity index is 323. The molecule has 15 heavy (non-hydrogen) atoms. The second-order valence-corrected chi connectivity index (χ2v) is 5.26. The van der Waals surface area contributed by atoms with Crippen LogP contribution >= 0.6 is 0 Å². The van der Waals surface area contributed by atoms with Gasteiger partial charge in [-0.1, -0.05) is 13.8 Å². The van der Waals surface area contributed by atoms with Crippen molar-refractivity contribution in [2.75, 3.05) is 6.54 Å². The molecule has 84 valence electrons. The second kappa shape index (κ2) is 3.97. The second-order valence-electron chi connectivity index (χ2n) is 5.26. The van der Waals surface area contributed by atoms with Gasteiger partial charge in [0.15, 0.2) is 0 Å². The molecule has 0 radical (unpaired) electrons. The zero-order valence-electron chi connectivity index (χ0n) is 9.95. The quantitative estimate of drug-likeness (QED) is 0.798. The van der Waals surface area contributed by atoms with Gasteiger partial charge in [0.1, 0.15) is 0 Å². The van der Waals surface area contributed by atoms with E-state index in [9.17, 15) is 0 Å². The lowest BCUT2D eigenvalue weighted by atomic mass is 9.83. The fourth-order valence-electron chi connectivity index (χ4n) is 1.79. The van der Waals surface area contributed by atoms with Gasteiger partial charge < -0.3 is 5.32 Å². The maximum Gasteiger partial charge on any atom is 0.0527 e. The standard InChI is InChI=1S/C12H21N3/c1-12(2,6-7-13-11-4-5-11)10-8-14-15(3)9-10/h8-9,11,13H,4-7H2,1-3H3. The molecule has 0 aliphatic heterocycles. The molecular formula is C12H21N3. The Morgan fingerprint density at radius 3 is 2.80 bits per heavy atom. The van der Waals surface area contributed by atoms with Crippen molar-refractivity contribution in [3.63, 3.8) is 0 Å². The Labute approximate surface area is 91.9 Å². The molecule has 2 rings (SSSR count). The highest BCUT2D eigenvalue weighted by Gasteiger charge is 2.24. The van der Waals surface area contributed by atoms with Gasteiger partial charge in [-0.25, -0.2) is 0 Å². The number of aryl methyl sites for hydroxylation is 1. The van der Waals surface area contributed by atoms with Crippen molar-refractivity contribution >= 4 is 0 Å². The predicted octanol–water partition coefficient (Wildman–Crippen LogP) is 1.84. The molecule has 1 aromatic heterocycles. The molecule has 3 nitrogen and oxygen atoms in total. The normalized spacial score (nSPS) is 17.0. The molecular weight excluding hydrogens is 186 g/mol. The van der Waals surface area contributed by atoms with Gasteiger partial charge in [0.25, 0.3) is 0 Å². The number of rotatable bonds is 5. The van der Waals surface area contributed by atoms with E-state index >= 15 is 0 Å². The summed E-state index contributed by atoms with van der Waals surface area (Å²) in [5, 5.41) is 7.80. The Hall–Kier alpha value is -0.830. The van der Waals surface area contributed by atoms with Gasteiger partial charge in [0.2, 0.25) is 0 Å². The summed E-state index contributed by atoms with van der Waals surface area (Å²) >= 11 is 0. The van der Waals surface area contributed by atoms with E-state index in [1.807, 2.05) is 17.9 Å². The van der Waals surface area contributed by atoms with Crippen molar-refractivity contribution in [3.8, 4) is 0 Å². The first-order chi connectivity index (χ1) is 7.08. The summed E-state index contributed by atoms with van der Waals surface area (Å²) in [5.41, 5.74) is 1.57. The van der Waals surface area contributed by atoms with E-state index in [-0.39, 0.29) is 5.41 Å². The Kier molecular flexibility index (Phi) is 2.83. The highest BCUT2D eigenvalue weighted by Crippen LogP contribution is 2.26. The smallest absolute Gasteiger partial charge is 0.0527 e. The van der Waals surface area contributed by atoms with Gasteiger partial charge in [0, 0.05) is 19.3 Å². The average molecular weight is 207 g/mol. The van der Waals surface area contributed by atoms with Crippen molar-refractivity contribution < 1.29 is 0 Å². The maximum atomic E-state index is 4.23. The SMILES string of the molecule is Cn1cc(C(C)(C)CCNC2CC2)cn1. The Morgan fingerprint density at radius 2 is 2.27 bits per heavy atom. The van der Waals surface area contributed by atoms with E-state index in [1.54, 1.807) is 0 Å². The first-order valence-electron chi connectivity index (χ1n) is 5.80. The molecule has 1 N–H and O–H groups in total. The minimum absolute atomic E-state index is 0.232. The van der Waals surface area contributed by atoms with E-state index in [0.29, 0.717) is 0 Å². The molecule has 1 aliphatic rings. The molecule has 0 saturated heterocycles. The third-order valence-electron chi connectivity index (χ3n) is 3.25. The average Bonchev–Trinajstić information content (AvgIpc) is 2.86. The minimum Gasteiger partial charge on any atom is -0.314 e.